The van der Waals surface area contributed by atoms with Gasteiger partial charge in [-0.2, -0.15) is 0 Å². The predicted octanol–water partition coefficient (Wildman–Crippen LogP) is 2.52. The monoisotopic (exact) mass is 316 g/mol. The Hall–Kier alpha value is -0.980. The lowest BCUT2D eigenvalue weighted by Gasteiger charge is -2.15. The third kappa shape index (κ3) is 4.36. The molecule has 0 radical (unpaired) electrons. The van der Waals surface area contributed by atoms with E-state index in [0.717, 1.165) is 22.9 Å². The summed E-state index contributed by atoms with van der Waals surface area (Å²) in [6.07, 6.45) is 1.76. The summed E-state index contributed by atoms with van der Waals surface area (Å²) in [6, 6.07) is 5.16. The van der Waals surface area contributed by atoms with Gasteiger partial charge in [0.15, 0.2) is 0 Å². The summed E-state index contributed by atoms with van der Waals surface area (Å²) < 4.78 is 5.88. The number of rotatable bonds is 7. The Bertz CT molecular complexity index is 412. The summed E-state index contributed by atoms with van der Waals surface area (Å²) in [5, 5.41) is 13.8. The molecule has 0 amide bonds. The maximum Gasteiger partial charge on any atom is 0.270 e. The normalized spacial score (nSPS) is 12.4. The first kappa shape index (κ1) is 15.1. The van der Waals surface area contributed by atoms with Crippen molar-refractivity contribution in [3.8, 4) is 0 Å². The standard InChI is InChI=1S/C12H17BrN2O3/c1-14-10(8-18-2)5-3-9-4-6-11(15(16)17)7-12(9)13/h4,6-7,10,14H,3,5,8H2,1-2H3. The lowest BCUT2D eigenvalue weighted by Crippen LogP contribution is -2.30. The summed E-state index contributed by atoms with van der Waals surface area (Å²) in [7, 11) is 3.57. The number of nitro groups is 1. The van der Waals surface area contributed by atoms with Crippen molar-refractivity contribution in [2.24, 2.45) is 0 Å². The smallest absolute Gasteiger partial charge is 0.270 e. The summed E-state index contributed by atoms with van der Waals surface area (Å²) >= 11 is 3.37. The van der Waals surface area contributed by atoms with Gasteiger partial charge in [-0.25, -0.2) is 0 Å². The number of hydrogen-bond acceptors (Lipinski definition) is 4. The molecule has 5 nitrogen and oxygen atoms in total. The largest absolute Gasteiger partial charge is 0.383 e. The van der Waals surface area contributed by atoms with E-state index in [1.54, 1.807) is 19.2 Å². The molecule has 0 bridgehead atoms. The van der Waals surface area contributed by atoms with Crippen LogP contribution in [0.4, 0.5) is 5.69 Å². The van der Waals surface area contributed by atoms with Gasteiger partial charge in [-0.15, -0.1) is 0 Å². The van der Waals surface area contributed by atoms with Crippen LogP contribution in [-0.2, 0) is 11.2 Å². The quantitative estimate of drug-likeness (QED) is 0.620. The average Bonchev–Trinajstić information content (AvgIpc) is 2.35. The summed E-state index contributed by atoms with van der Waals surface area (Å²) in [6.45, 7) is 0.654. The second kappa shape index (κ2) is 7.45. The molecule has 0 fully saturated rings. The molecule has 1 aromatic rings. The fourth-order valence-corrected chi connectivity index (χ4v) is 2.26. The number of methoxy groups -OCH3 is 1. The van der Waals surface area contributed by atoms with Crippen molar-refractivity contribution in [3.05, 3.63) is 38.3 Å². The average molecular weight is 317 g/mol. The highest BCUT2D eigenvalue weighted by molar-refractivity contribution is 9.10. The van der Waals surface area contributed by atoms with Crippen LogP contribution in [0, 0.1) is 10.1 Å². The molecular weight excluding hydrogens is 300 g/mol. The van der Waals surface area contributed by atoms with Crippen LogP contribution in [0.15, 0.2) is 22.7 Å². The number of benzene rings is 1. The number of nitrogens with one attached hydrogen (secondary N) is 1. The van der Waals surface area contributed by atoms with Gasteiger partial charge in [0.05, 0.1) is 11.5 Å². The van der Waals surface area contributed by atoms with Crippen LogP contribution in [0.3, 0.4) is 0 Å². The number of likely N-dealkylation sites (N-methyl/N-ethyl adjacent to an activating group) is 1. The van der Waals surface area contributed by atoms with Gasteiger partial charge in [0.1, 0.15) is 0 Å². The highest BCUT2D eigenvalue weighted by atomic mass is 79.9. The Kier molecular flexibility index (Phi) is 6.24. The van der Waals surface area contributed by atoms with Crippen LogP contribution in [0.2, 0.25) is 0 Å². The molecule has 0 aliphatic heterocycles. The van der Waals surface area contributed by atoms with Crippen molar-refractivity contribution in [3.63, 3.8) is 0 Å². The molecular formula is C12H17BrN2O3. The van der Waals surface area contributed by atoms with E-state index < -0.39 is 4.92 Å². The van der Waals surface area contributed by atoms with Gasteiger partial charge >= 0.3 is 0 Å². The zero-order chi connectivity index (χ0) is 13.5. The van der Waals surface area contributed by atoms with Crippen molar-refractivity contribution >= 4 is 21.6 Å². The van der Waals surface area contributed by atoms with E-state index in [1.807, 2.05) is 7.05 Å². The lowest BCUT2D eigenvalue weighted by atomic mass is 10.1. The van der Waals surface area contributed by atoms with Crippen LogP contribution < -0.4 is 5.32 Å². The molecule has 6 heteroatoms. The molecule has 0 heterocycles. The van der Waals surface area contributed by atoms with Crippen molar-refractivity contribution in [1.29, 1.82) is 0 Å². The van der Waals surface area contributed by atoms with Crippen molar-refractivity contribution in [2.45, 2.75) is 18.9 Å². The van der Waals surface area contributed by atoms with Crippen LogP contribution in [0.25, 0.3) is 0 Å². The number of aryl methyl sites for hydroxylation is 1. The minimum Gasteiger partial charge on any atom is -0.383 e. The molecule has 1 unspecified atom stereocenters. The number of nitrogens with zero attached hydrogens (tertiary/aromatic N) is 1. The SMILES string of the molecule is CNC(CCc1ccc([N+](=O)[O-])cc1Br)COC. The van der Waals surface area contributed by atoms with Gasteiger partial charge in [0, 0.05) is 29.8 Å². The molecule has 100 valence electrons. The Balaban J connectivity index is 2.65. The predicted molar refractivity (Wildman–Crippen MR) is 73.8 cm³/mol. The maximum atomic E-state index is 10.6. The molecule has 0 spiro atoms. The fourth-order valence-electron chi connectivity index (χ4n) is 1.69. The van der Waals surface area contributed by atoms with Crippen LogP contribution in [0.5, 0.6) is 0 Å². The van der Waals surface area contributed by atoms with Crippen molar-refractivity contribution < 1.29 is 9.66 Å². The van der Waals surface area contributed by atoms with Gasteiger partial charge in [0.2, 0.25) is 0 Å². The zero-order valence-electron chi connectivity index (χ0n) is 10.5. The van der Waals surface area contributed by atoms with Crippen molar-refractivity contribution in [2.75, 3.05) is 20.8 Å². The van der Waals surface area contributed by atoms with E-state index >= 15 is 0 Å². The third-order valence-corrected chi connectivity index (χ3v) is 3.52. The highest BCUT2D eigenvalue weighted by Gasteiger charge is 2.11. The van der Waals surface area contributed by atoms with E-state index in [2.05, 4.69) is 21.2 Å². The van der Waals surface area contributed by atoms with E-state index in [4.69, 9.17) is 4.74 Å². The molecule has 1 atom stereocenters. The second-order valence-electron chi connectivity index (χ2n) is 4.01. The molecule has 0 aliphatic carbocycles. The first-order valence-corrected chi connectivity index (χ1v) is 6.46. The first-order chi connectivity index (χ1) is 8.58. The van der Waals surface area contributed by atoms with E-state index in [1.165, 1.54) is 6.07 Å². The minimum atomic E-state index is -0.393. The summed E-state index contributed by atoms with van der Waals surface area (Å²) in [5.41, 5.74) is 1.17. The van der Waals surface area contributed by atoms with Gasteiger partial charge in [-0.05, 0) is 25.5 Å². The number of halogens is 1. The van der Waals surface area contributed by atoms with E-state index in [-0.39, 0.29) is 11.7 Å². The fraction of sp³-hybridized carbons (Fsp3) is 0.500. The molecule has 0 saturated heterocycles. The molecule has 18 heavy (non-hydrogen) atoms. The zero-order valence-corrected chi connectivity index (χ0v) is 12.1. The summed E-state index contributed by atoms with van der Waals surface area (Å²) in [4.78, 5) is 10.2. The number of ether oxygens (including phenoxy) is 1. The number of hydrogen-bond donors (Lipinski definition) is 1. The molecule has 1 rings (SSSR count). The Morgan fingerprint density at radius 3 is 2.78 bits per heavy atom. The Morgan fingerprint density at radius 2 is 2.28 bits per heavy atom. The topological polar surface area (TPSA) is 64.4 Å². The Labute approximate surface area is 115 Å². The highest BCUT2D eigenvalue weighted by Crippen LogP contribution is 2.24. The van der Waals surface area contributed by atoms with Gasteiger partial charge in [0.25, 0.3) is 5.69 Å². The maximum absolute atomic E-state index is 10.6. The number of non-ortho nitro benzene ring substituents is 1. The van der Waals surface area contributed by atoms with Gasteiger partial charge < -0.3 is 10.1 Å². The van der Waals surface area contributed by atoms with Gasteiger partial charge in [-0.3, -0.25) is 10.1 Å². The van der Waals surface area contributed by atoms with E-state index in [9.17, 15) is 10.1 Å². The van der Waals surface area contributed by atoms with Crippen LogP contribution in [0.1, 0.15) is 12.0 Å². The van der Waals surface area contributed by atoms with Gasteiger partial charge in [-0.1, -0.05) is 22.0 Å². The number of nitro benzene ring substituents is 1. The molecule has 0 aliphatic rings. The molecule has 0 aromatic heterocycles. The van der Waals surface area contributed by atoms with E-state index in [0.29, 0.717) is 6.61 Å². The van der Waals surface area contributed by atoms with Crippen molar-refractivity contribution in [1.82, 2.24) is 5.32 Å². The molecule has 0 saturated carbocycles. The third-order valence-electron chi connectivity index (χ3n) is 2.79. The Morgan fingerprint density at radius 1 is 1.56 bits per heavy atom. The second-order valence-corrected chi connectivity index (χ2v) is 4.87. The van der Waals surface area contributed by atoms with Crippen LogP contribution >= 0.6 is 15.9 Å². The first-order valence-electron chi connectivity index (χ1n) is 5.67. The molecule has 1 aromatic carbocycles. The minimum absolute atomic E-state index is 0.104. The van der Waals surface area contributed by atoms with Crippen LogP contribution in [-0.4, -0.2) is 31.7 Å². The molecule has 1 N–H and O–H groups in total. The lowest BCUT2D eigenvalue weighted by molar-refractivity contribution is -0.384. The summed E-state index contributed by atoms with van der Waals surface area (Å²) in [5.74, 6) is 0.